The fraction of sp³-hybridized carbons (Fsp3) is 0.879. The van der Waals surface area contributed by atoms with Crippen molar-refractivity contribution < 1.29 is 9.90 Å². The molecule has 0 heterocycles. The summed E-state index contributed by atoms with van der Waals surface area (Å²) in [5.41, 5.74) is 1.73. The molecule has 0 aromatic heterocycles. The fourth-order valence-corrected chi connectivity index (χ4v) is 8.55. The summed E-state index contributed by atoms with van der Waals surface area (Å²) in [5.74, 6) is 3.40. The summed E-state index contributed by atoms with van der Waals surface area (Å²) in [7, 11) is 0. The molecule has 4 fully saturated rings. The molecule has 3 heteroatoms. The topological polar surface area (TPSA) is 61.1 Å². The molecule has 0 aromatic rings. The van der Waals surface area contributed by atoms with Gasteiger partial charge < -0.3 is 5.11 Å². The average Bonchev–Trinajstić information content (AvgIpc) is 3.65. The molecule has 5 rings (SSSR count). The van der Waals surface area contributed by atoms with E-state index in [0.717, 1.165) is 62.2 Å². The number of carbonyl (C=O) groups excluding carboxylic acids is 1. The molecule has 0 amide bonds. The third kappa shape index (κ3) is 5.65. The lowest BCUT2D eigenvalue weighted by atomic mass is 9.47. The molecule has 5 aliphatic carbocycles. The molecular weight excluding hydrogens is 442 g/mol. The third-order valence-electron chi connectivity index (χ3n) is 10.7. The molecule has 0 bridgehead atoms. The van der Waals surface area contributed by atoms with Crippen molar-refractivity contribution in [2.45, 2.75) is 145 Å². The lowest BCUT2D eigenvalue weighted by molar-refractivity contribution is -0.122. The molecule has 0 saturated heterocycles. The van der Waals surface area contributed by atoms with E-state index in [4.69, 9.17) is 0 Å². The van der Waals surface area contributed by atoms with Crippen LogP contribution in [-0.2, 0) is 4.79 Å². The summed E-state index contributed by atoms with van der Waals surface area (Å²) in [6, 6.07) is 2.27. The van der Waals surface area contributed by atoms with E-state index in [1.165, 1.54) is 38.5 Å². The molecule has 0 aromatic carbocycles. The highest BCUT2D eigenvalue weighted by molar-refractivity contribution is 5.90. The number of hydrogen-bond donors (Lipinski definition) is 1. The van der Waals surface area contributed by atoms with Crippen molar-refractivity contribution >= 4 is 5.78 Å². The highest BCUT2D eigenvalue weighted by atomic mass is 16.3. The second-order valence-corrected chi connectivity index (χ2v) is 12.0. The number of hydrogen-bond acceptors (Lipinski definition) is 3. The quantitative estimate of drug-likeness (QED) is 0.384. The van der Waals surface area contributed by atoms with Crippen LogP contribution in [0, 0.1) is 51.2 Å². The van der Waals surface area contributed by atoms with Crippen LogP contribution in [0.1, 0.15) is 139 Å². The zero-order valence-corrected chi connectivity index (χ0v) is 25.0. The minimum atomic E-state index is -0.588. The SMILES string of the molecule is CC.CC.CC.C[C@]12CCC3[C@@H](CC=C4C[C@@H](O)CC[C@@]43C)C1CCC2CCCC(=O)C1(C#N)CC1. The Balaban J connectivity index is 0.000000710. The van der Waals surface area contributed by atoms with Gasteiger partial charge in [-0.05, 0) is 112 Å². The van der Waals surface area contributed by atoms with Crippen molar-refractivity contribution in [3.63, 3.8) is 0 Å². The standard InChI is InChI=1S/C27H39NO2.3C2H6/c1-25-13-11-23-21(8-6-19-16-20(29)10-12-26(19,23)2)22(25)9-7-18(25)4-3-5-24(30)27(17-28)14-15-27;3*1-2/h6,18,20-23,29H,3-5,7-16H2,1-2H3;3*1-2H3/t18?,20-,21-,22?,23?,25+,26-;;;/m0.../s1. The normalized spacial score (nSPS) is 38.9. The summed E-state index contributed by atoms with van der Waals surface area (Å²) >= 11 is 0. The number of carbonyl (C=O) groups is 1. The van der Waals surface area contributed by atoms with Crippen molar-refractivity contribution in [1.29, 1.82) is 5.26 Å². The predicted octanol–water partition coefficient (Wildman–Crippen LogP) is 9.05. The minimum absolute atomic E-state index is 0.121. The van der Waals surface area contributed by atoms with Gasteiger partial charge >= 0.3 is 0 Å². The van der Waals surface area contributed by atoms with Gasteiger partial charge in [-0.1, -0.05) is 67.0 Å². The Morgan fingerprint density at radius 2 is 1.64 bits per heavy atom. The molecule has 0 aliphatic heterocycles. The molecule has 206 valence electrons. The first-order valence-electron chi connectivity index (χ1n) is 15.6. The Morgan fingerprint density at radius 3 is 2.25 bits per heavy atom. The molecule has 7 atom stereocenters. The number of rotatable bonds is 5. The third-order valence-corrected chi connectivity index (χ3v) is 10.7. The molecule has 3 nitrogen and oxygen atoms in total. The Hall–Kier alpha value is -1.14. The van der Waals surface area contributed by atoms with E-state index >= 15 is 0 Å². The number of nitrogens with zero attached hydrogens (tertiary/aromatic N) is 1. The Labute approximate surface area is 223 Å². The largest absolute Gasteiger partial charge is 0.393 e. The Bertz CT molecular complexity index is 790. The van der Waals surface area contributed by atoms with Crippen molar-refractivity contribution in [3.8, 4) is 6.07 Å². The summed E-state index contributed by atoms with van der Waals surface area (Å²) < 4.78 is 0. The summed E-state index contributed by atoms with van der Waals surface area (Å²) in [5, 5.41) is 19.5. The maximum atomic E-state index is 12.4. The van der Waals surface area contributed by atoms with Gasteiger partial charge in [0.05, 0.1) is 12.2 Å². The predicted molar refractivity (Wildman–Crippen MR) is 151 cm³/mol. The van der Waals surface area contributed by atoms with Gasteiger partial charge in [-0.15, -0.1) is 0 Å². The van der Waals surface area contributed by atoms with Crippen molar-refractivity contribution in [2.24, 2.45) is 39.9 Å². The van der Waals surface area contributed by atoms with Gasteiger partial charge in [0, 0.05) is 6.42 Å². The lowest BCUT2D eigenvalue weighted by Crippen LogP contribution is -2.50. The number of fused-ring (bicyclic) bond motifs is 5. The summed E-state index contributed by atoms with van der Waals surface area (Å²) in [6.07, 6.45) is 16.4. The van der Waals surface area contributed by atoms with E-state index in [1.54, 1.807) is 5.57 Å². The number of nitriles is 1. The summed E-state index contributed by atoms with van der Waals surface area (Å²) in [4.78, 5) is 12.4. The Morgan fingerprint density at radius 1 is 0.972 bits per heavy atom. The maximum Gasteiger partial charge on any atom is 0.153 e. The van der Waals surface area contributed by atoms with E-state index in [9.17, 15) is 15.2 Å². The van der Waals surface area contributed by atoms with Crippen LogP contribution in [0.5, 0.6) is 0 Å². The Kier molecular flexibility index (Phi) is 11.3. The number of aliphatic hydroxyl groups excluding tert-OH is 1. The van der Waals surface area contributed by atoms with Crippen LogP contribution >= 0.6 is 0 Å². The van der Waals surface area contributed by atoms with Crippen LogP contribution in [0.2, 0.25) is 0 Å². The van der Waals surface area contributed by atoms with E-state index < -0.39 is 5.41 Å². The molecule has 1 N–H and O–H groups in total. The lowest BCUT2D eigenvalue weighted by Gasteiger charge is -2.58. The average molecular weight is 500 g/mol. The van der Waals surface area contributed by atoms with Crippen LogP contribution in [0.4, 0.5) is 0 Å². The molecule has 0 radical (unpaired) electrons. The molecule has 3 unspecified atom stereocenters. The first-order chi connectivity index (χ1) is 17.3. The van der Waals surface area contributed by atoms with Gasteiger partial charge in [-0.3, -0.25) is 4.79 Å². The zero-order valence-electron chi connectivity index (χ0n) is 25.0. The first kappa shape index (κ1) is 31.1. The van der Waals surface area contributed by atoms with Crippen LogP contribution in [0.15, 0.2) is 11.6 Å². The zero-order chi connectivity index (χ0) is 27.1. The van der Waals surface area contributed by atoms with Gasteiger partial charge in [0.2, 0.25) is 0 Å². The number of aliphatic hydroxyl groups is 1. The monoisotopic (exact) mass is 499 g/mol. The second kappa shape index (κ2) is 13.1. The van der Waals surface area contributed by atoms with Crippen molar-refractivity contribution in [1.82, 2.24) is 0 Å². The fourth-order valence-electron chi connectivity index (χ4n) is 8.55. The number of Topliss-reactive ketones (excluding diaryl/α,β-unsaturated/α-hetero) is 1. The minimum Gasteiger partial charge on any atom is -0.393 e. The van der Waals surface area contributed by atoms with Gasteiger partial charge in [-0.2, -0.15) is 5.26 Å². The number of allylic oxidation sites excluding steroid dienone is 1. The highest BCUT2D eigenvalue weighted by Crippen LogP contribution is 2.66. The van der Waals surface area contributed by atoms with Gasteiger partial charge in [0.1, 0.15) is 5.41 Å². The number of ketones is 1. The van der Waals surface area contributed by atoms with Gasteiger partial charge in [-0.25, -0.2) is 0 Å². The van der Waals surface area contributed by atoms with Crippen molar-refractivity contribution in [3.05, 3.63) is 11.6 Å². The van der Waals surface area contributed by atoms with Crippen molar-refractivity contribution in [2.75, 3.05) is 0 Å². The van der Waals surface area contributed by atoms with Crippen LogP contribution in [0.25, 0.3) is 0 Å². The smallest absolute Gasteiger partial charge is 0.153 e. The molecular formula is C33H57NO2. The molecule has 5 aliphatic rings. The maximum absolute atomic E-state index is 12.4. The summed E-state index contributed by atoms with van der Waals surface area (Å²) in [6.45, 7) is 17.1. The second-order valence-electron chi connectivity index (χ2n) is 12.0. The van der Waals surface area contributed by atoms with Gasteiger partial charge in [0.15, 0.2) is 5.78 Å². The van der Waals surface area contributed by atoms with E-state index in [2.05, 4.69) is 26.0 Å². The van der Waals surface area contributed by atoms with Crippen LogP contribution in [-0.4, -0.2) is 17.0 Å². The van der Waals surface area contributed by atoms with Crippen LogP contribution in [0.3, 0.4) is 0 Å². The molecule has 4 saturated carbocycles. The van der Waals surface area contributed by atoms with E-state index in [1.807, 2.05) is 41.5 Å². The highest BCUT2D eigenvalue weighted by Gasteiger charge is 2.58. The molecule has 36 heavy (non-hydrogen) atoms. The van der Waals surface area contributed by atoms with E-state index in [-0.39, 0.29) is 11.9 Å². The van der Waals surface area contributed by atoms with Crippen LogP contribution < -0.4 is 0 Å². The first-order valence-corrected chi connectivity index (χ1v) is 15.6. The van der Waals surface area contributed by atoms with E-state index in [0.29, 0.717) is 17.3 Å². The van der Waals surface area contributed by atoms with Gasteiger partial charge in [0.25, 0.3) is 0 Å². The molecule has 0 spiro atoms.